The van der Waals surface area contributed by atoms with Gasteiger partial charge in [-0.2, -0.15) is 0 Å². The Labute approximate surface area is 247 Å². The lowest BCUT2D eigenvalue weighted by molar-refractivity contribution is -0.158. The second-order valence-electron chi connectivity index (χ2n) is 11.2. The molecule has 1 aliphatic rings. The van der Waals surface area contributed by atoms with Gasteiger partial charge in [0.05, 0.1) is 31.8 Å². The lowest BCUT2D eigenvalue weighted by Crippen LogP contribution is -2.52. The van der Waals surface area contributed by atoms with Crippen molar-refractivity contribution in [3.8, 4) is 0 Å². The zero-order chi connectivity index (χ0) is 31.4. The van der Waals surface area contributed by atoms with E-state index in [1.54, 1.807) is 13.8 Å². The number of cyclic esters (lactones) is 1. The summed E-state index contributed by atoms with van der Waals surface area (Å²) in [5, 5.41) is 9.50. The van der Waals surface area contributed by atoms with E-state index in [0.29, 0.717) is 13.0 Å². The molecule has 2 rings (SSSR count). The minimum atomic E-state index is -1.53. The number of hydrogen-bond donors (Lipinski definition) is 1. The van der Waals surface area contributed by atoms with Gasteiger partial charge in [-0.1, -0.05) is 44.2 Å². The standard InChI is InChI=1S/C31H43NO10/c1-20(2)28-31(5,6)42-30(38)32(28)29(37)21(3)27(41-22(4)34)26(36)15-14-24(35)13-10-16-39-19-25(17-33)40-18-23-11-8-7-9-12-23/h7-9,11-12,14-15,20-21,25,27-28,33H,10,13,16-19H2,1-6H3/t21-,25+,27-,28-/m0/s1. The van der Waals surface area contributed by atoms with Gasteiger partial charge in [0.25, 0.3) is 0 Å². The fraction of sp³-hybridized carbons (Fsp3) is 0.581. The molecule has 232 valence electrons. The highest BCUT2D eigenvalue weighted by molar-refractivity contribution is 6.04. The van der Waals surface area contributed by atoms with Crippen LogP contribution in [0.25, 0.3) is 0 Å². The number of aliphatic hydroxyl groups is 1. The van der Waals surface area contributed by atoms with Gasteiger partial charge in [0, 0.05) is 20.0 Å². The number of ketones is 2. The lowest BCUT2D eigenvalue weighted by Gasteiger charge is -2.33. The normalized spacial score (nSPS) is 18.5. The highest BCUT2D eigenvalue weighted by atomic mass is 16.6. The maximum atomic E-state index is 13.4. The van der Waals surface area contributed by atoms with Crippen molar-refractivity contribution < 1.29 is 48.0 Å². The van der Waals surface area contributed by atoms with Crippen LogP contribution in [0.2, 0.25) is 0 Å². The lowest BCUT2D eigenvalue weighted by atomic mass is 9.87. The third-order valence-electron chi connectivity index (χ3n) is 6.80. The van der Waals surface area contributed by atoms with Crippen LogP contribution in [-0.4, -0.2) is 83.2 Å². The first-order valence-corrected chi connectivity index (χ1v) is 14.1. The molecule has 2 amide bonds. The number of benzene rings is 1. The molecule has 0 bridgehead atoms. The number of carbonyl (C=O) groups is 5. The molecule has 11 heteroatoms. The molecule has 1 fully saturated rings. The van der Waals surface area contributed by atoms with Crippen LogP contribution in [0.15, 0.2) is 42.5 Å². The molecule has 4 atom stereocenters. The van der Waals surface area contributed by atoms with Crippen molar-refractivity contribution in [1.82, 2.24) is 4.90 Å². The second-order valence-corrected chi connectivity index (χ2v) is 11.2. The summed E-state index contributed by atoms with van der Waals surface area (Å²) >= 11 is 0. The highest BCUT2D eigenvalue weighted by Gasteiger charge is 2.53. The van der Waals surface area contributed by atoms with Gasteiger partial charge < -0.3 is 24.1 Å². The molecule has 1 aromatic rings. The predicted octanol–water partition coefficient (Wildman–Crippen LogP) is 3.41. The average Bonchev–Trinajstić information content (AvgIpc) is 3.19. The Morgan fingerprint density at radius 3 is 2.36 bits per heavy atom. The van der Waals surface area contributed by atoms with Crippen LogP contribution in [0.1, 0.15) is 59.9 Å². The fourth-order valence-electron chi connectivity index (χ4n) is 4.88. The maximum Gasteiger partial charge on any atom is 0.417 e. The van der Waals surface area contributed by atoms with Crippen LogP contribution in [0, 0.1) is 11.8 Å². The summed E-state index contributed by atoms with van der Waals surface area (Å²) in [4.78, 5) is 64.0. The second kappa shape index (κ2) is 16.3. The summed E-state index contributed by atoms with van der Waals surface area (Å²) in [6.45, 7) is 10.1. The van der Waals surface area contributed by atoms with Crippen molar-refractivity contribution in [1.29, 1.82) is 0 Å². The SMILES string of the molecule is CC(=O)O[C@H](C(=O)C=CC(=O)CCCOC[C@@H](CO)OCc1ccccc1)[C@H](C)C(=O)N1C(=O)OC(C)(C)[C@@H]1C(C)C. The quantitative estimate of drug-likeness (QED) is 0.163. The number of allylic oxidation sites excluding steroid dienone is 1. The largest absolute Gasteiger partial charge is 0.453 e. The molecule has 1 aromatic carbocycles. The molecule has 1 saturated heterocycles. The van der Waals surface area contributed by atoms with Crippen molar-refractivity contribution >= 4 is 29.5 Å². The molecule has 0 saturated carbocycles. The number of ether oxygens (including phenoxy) is 4. The molecular formula is C31H43NO10. The van der Waals surface area contributed by atoms with Crippen LogP contribution < -0.4 is 0 Å². The van der Waals surface area contributed by atoms with E-state index in [1.165, 1.54) is 6.92 Å². The fourth-order valence-corrected chi connectivity index (χ4v) is 4.88. The van der Waals surface area contributed by atoms with Crippen LogP contribution in [0.5, 0.6) is 0 Å². The molecule has 0 aromatic heterocycles. The van der Waals surface area contributed by atoms with E-state index in [9.17, 15) is 29.1 Å². The Balaban J connectivity index is 1.88. The van der Waals surface area contributed by atoms with E-state index >= 15 is 0 Å². The van der Waals surface area contributed by atoms with Crippen molar-refractivity contribution in [3.05, 3.63) is 48.0 Å². The van der Waals surface area contributed by atoms with Gasteiger partial charge in [0.1, 0.15) is 11.7 Å². The molecule has 0 spiro atoms. The Hall–Kier alpha value is -3.41. The van der Waals surface area contributed by atoms with Gasteiger partial charge in [0.15, 0.2) is 17.7 Å². The summed E-state index contributed by atoms with van der Waals surface area (Å²) in [5.74, 6) is -3.97. The van der Waals surface area contributed by atoms with Gasteiger partial charge in [-0.15, -0.1) is 0 Å². The van der Waals surface area contributed by atoms with Gasteiger partial charge in [-0.05, 0) is 50.8 Å². The first-order valence-electron chi connectivity index (χ1n) is 14.1. The van der Waals surface area contributed by atoms with Crippen LogP contribution in [0.3, 0.4) is 0 Å². The smallest absolute Gasteiger partial charge is 0.417 e. The monoisotopic (exact) mass is 589 g/mol. The van der Waals surface area contributed by atoms with Crippen molar-refractivity contribution in [2.45, 2.75) is 84.8 Å². The van der Waals surface area contributed by atoms with Gasteiger partial charge in [-0.3, -0.25) is 19.2 Å². The number of carbonyl (C=O) groups excluding carboxylic acids is 5. The Kier molecular flexibility index (Phi) is 13.5. The molecule has 11 nitrogen and oxygen atoms in total. The number of rotatable bonds is 17. The zero-order valence-electron chi connectivity index (χ0n) is 25.2. The third kappa shape index (κ3) is 10.1. The number of aliphatic hydroxyl groups excluding tert-OH is 1. The van der Waals surface area contributed by atoms with E-state index < -0.39 is 53.5 Å². The van der Waals surface area contributed by atoms with E-state index in [4.69, 9.17) is 18.9 Å². The predicted molar refractivity (Wildman–Crippen MR) is 152 cm³/mol. The van der Waals surface area contributed by atoms with Gasteiger partial charge in [-0.25, -0.2) is 9.69 Å². The molecule has 0 unspecified atom stereocenters. The molecule has 0 aliphatic carbocycles. The first-order chi connectivity index (χ1) is 19.8. The number of imide groups is 1. The average molecular weight is 590 g/mol. The summed E-state index contributed by atoms with van der Waals surface area (Å²) in [7, 11) is 0. The van der Waals surface area contributed by atoms with E-state index in [0.717, 1.165) is 29.5 Å². The van der Waals surface area contributed by atoms with Crippen molar-refractivity contribution in [2.24, 2.45) is 11.8 Å². The first kappa shape index (κ1) is 34.8. The summed E-state index contributed by atoms with van der Waals surface area (Å²) in [6, 6.07) is 8.94. The topological polar surface area (TPSA) is 146 Å². The van der Waals surface area contributed by atoms with Gasteiger partial charge in [0.2, 0.25) is 5.91 Å². The van der Waals surface area contributed by atoms with Crippen molar-refractivity contribution in [2.75, 3.05) is 19.8 Å². The van der Waals surface area contributed by atoms with Crippen LogP contribution in [0.4, 0.5) is 4.79 Å². The number of amides is 2. The summed E-state index contributed by atoms with van der Waals surface area (Å²) in [6.07, 6.45) is -0.379. The number of nitrogens with zero attached hydrogens (tertiary/aromatic N) is 1. The van der Waals surface area contributed by atoms with E-state index in [-0.39, 0.29) is 37.9 Å². The Bertz CT molecular complexity index is 1110. The molecule has 0 radical (unpaired) electrons. The minimum absolute atomic E-state index is 0.0793. The van der Waals surface area contributed by atoms with Crippen LogP contribution in [-0.2, 0) is 44.7 Å². The Morgan fingerprint density at radius 1 is 1.10 bits per heavy atom. The summed E-state index contributed by atoms with van der Waals surface area (Å²) in [5.41, 5.74) is 0.0334. The van der Waals surface area contributed by atoms with E-state index in [1.807, 2.05) is 44.2 Å². The molecule has 1 aliphatic heterocycles. The maximum absolute atomic E-state index is 13.4. The van der Waals surface area contributed by atoms with Gasteiger partial charge >= 0.3 is 12.1 Å². The number of hydrogen-bond acceptors (Lipinski definition) is 10. The van der Waals surface area contributed by atoms with Crippen LogP contribution >= 0.6 is 0 Å². The number of esters is 1. The summed E-state index contributed by atoms with van der Waals surface area (Å²) < 4.78 is 21.7. The van der Waals surface area contributed by atoms with Crippen molar-refractivity contribution in [3.63, 3.8) is 0 Å². The van der Waals surface area contributed by atoms with E-state index in [2.05, 4.69) is 0 Å². The molecule has 1 heterocycles. The molecule has 1 N–H and O–H groups in total. The third-order valence-corrected chi connectivity index (χ3v) is 6.80. The highest BCUT2D eigenvalue weighted by Crippen LogP contribution is 2.35. The minimum Gasteiger partial charge on any atom is -0.453 e. The molecule has 42 heavy (non-hydrogen) atoms. The molecular weight excluding hydrogens is 546 g/mol. The Morgan fingerprint density at radius 2 is 1.76 bits per heavy atom. The zero-order valence-corrected chi connectivity index (χ0v) is 25.2.